The van der Waals surface area contributed by atoms with Crippen molar-refractivity contribution in [2.24, 2.45) is 0 Å². The van der Waals surface area contributed by atoms with Gasteiger partial charge in [-0.2, -0.15) is 0 Å². The first-order valence-electron chi connectivity index (χ1n) is 6.42. The van der Waals surface area contributed by atoms with Gasteiger partial charge in [0.15, 0.2) is 0 Å². The Labute approximate surface area is 124 Å². The van der Waals surface area contributed by atoms with Gasteiger partial charge in [0, 0.05) is 18.1 Å². The molecule has 0 aliphatic heterocycles. The molecule has 8 nitrogen and oxygen atoms in total. The maximum absolute atomic E-state index is 12.0. The SMILES string of the molecule is O=C(Cn1c(-c2cnccn2)noc1=O)Nc1ccccc1. The summed E-state index contributed by atoms with van der Waals surface area (Å²) in [7, 11) is 0. The van der Waals surface area contributed by atoms with Crippen LogP contribution < -0.4 is 11.1 Å². The molecule has 0 spiro atoms. The number of hydrogen-bond donors (Lipinski definition) is 1. The maximum Gasteiger partial charge on any atom is 0.442 e. The summed E-state index contributed by atoms with van der Waals surface area (Å²) < 4.78 is 5.71. The molecular weight excluding hydrogens is 286 g/mol. The number of carbonyl (C=O) groups is 1. The number of rotatable bonds is 4. The minimum absolute atomic E-state index is 0.154. The molecule has 0 saturated carbocycles. The molecule has 8 heteroatoms. The standard InChI is InChI=1S/C14H11N5O3/c20-12(17-10-4-2-1-3-5-10)9-19-13(18-22-14(19)21)11-8-15-6-7-16-11/h1-8H,9H2,(H,17,20). The van der Waals surface area contributed by atoms with Crippen molar-refractivity contribution in [1.29, 1.82) is 0 Å². The minimum Gasteiger partial charge on any atom is -0.325 e. The van der Waals surface area contributed by atoms with Gasteiger partial charge in [0.25, 0.3) is 0 Å². The van der Waals surface area contributed by atoms with Gasteiger partial charge >= 0.3 is 5.76 Å². The van der Waals surface area contributed by atoms with Crippen molar-refractivity contribution in [1.82, 2.24) is 19.7 Å². The van der Waals surface area contributed by atoms with E-state index in [1.54, 1.807) is 24.3 Å². The maximum atomic E-state index is 12.0. The smallest absolute Gasteiger partial charge is 0.325 e. The van der Waals surface area contributed by atoms with Gasteiger partial charge in [-0.15, -0.1) is 0 Å². The second-order valence-electron chi connectivity index (χ2n) is 4.36. The number of nitrogens with zero attached hydrogens (tertiary/aromatic N) is 4. The number of carbonyl (C=O) groups excluding carboxylic acids is 1. The van der Waals surface area contributed by atoms with E-state index in [2.05, 4.69) is 25.0 Å². The molecule has 1 amide bonds. The Morgan fingerprint density at radius 3 is 2.77 bits per heavy atom. The van der Waals surface area contributed by atoms with Crippen molar-refractivity contribution in [3.8, 4) is 11.5 Å². The average molecular weight is 297 g/mol. The highest BCUT2D eigenvalue weighted by Crippen LogP contribution is 2.11. The molecule has 2 heterocycles. The van der Waals surface area contributed by atoms with Crippen LogP contribution in [0.5, 0.6) is 0 Å². The fourth-order valence-corrected chi connectivity index (χ4v) is 1.87. The quantitative estimate of drug-likeness (QED) is 0.768. The summed E-state index contributed by atoms with van der Waals surface area (Å²) >= 11 is 0. The van der Waals surface area contributed by atoms with Gasteiger partial charge in [0.1, 0.15) is 12.2 Å². The molecule has 3 rings (SSSR count). The first-order chi connectivity index (χ1) is 10.7. The Hall–Kier alpha value is -3.29. The molecule has 3 aromatic rings. The van der Waals surface area contributed by atoms with Crippen LogP contribution >= 0.6 is 0 Å². The molecular formula is C14H11N5O3. The molecule has 1 aromatic carbocycles. The topological polar surface area (TPSA) is 103 Å². The average Bonchev–Trinajstić information content (AvgIpc) is 2.90. The highest BCUT2D eigenvalue weighted by atomic mass is 16.5. The predicted octanol–water partition coefficient (Wildman–Crippen LogP) is 0.932. The number of anilines is 1. The molecule has 0 radical (unpaired) electrons. The van der Waals surface area contributed by atoms with Crippen molar-refractivity contribution in [3.05, 3.63) is 59.5 Å². The number of para-hydroxylation sites is 1. The van der Waals surface area contributed by atoms with E-state index in [0.29, 0.717) is 11.4 Å². The van der Waals surface area contributed by atoms with E-state index in [1.165, 1.54) is 18.6 Å². The third-order valence-electron chi connectivity index (χ3n) is 2.84. The lowest BCUT2D eigenvalue weighted by Gasteiger charge is -2.06. The molecule has 0 aliphatic carbocycles. The zero-order valence-corrected chi connectivity index (χ0v) is 11.3. The molecule has 110 valence electrons. The molecule has 22 heavy (non-hydrogen) atoms. The Morgan fingerprint density at radius 2 is 2.05 bits per heavy atom. The van der Waals surface area contributed by atoms with Crippen LogP contribution in [-0.2, 0) is 11.3 Å². The molecule has 1 N–H and O–H groups in total. The van der Waals surface area contributed by atoms with Gasteiger partial charge in [-0.1, -0.05) is 23.4 Å². The second kappa shape index (κ2) is 6.00. The third kappa shape index (κ3) is 2.90. The van der Waals surface area contributed by atoms with Crippen LogP contribution in [0.4, 0.5) is 5.69 Å². The molecule has 0 bridgehead atoms. The van der Waals surface area contributed by atoms with Crippen LogP contribution in [0, 0.1) is 0 Å². The summed E-state index contributed by atoms with van der Waals surface area (Å²) in [6, 6.07) is 8.93. The van der Waals surface area contributed by atoms with Crippen molar-refractivity contribution >= 4 is 11.6 Å². The number of nitrogens with one attached hydrogen (secondary N) is 1. The number of benzene rings is 1. The summed E-state index contributed by atoms with van der Waals surface area (Å²) in [5.74, 6) is -0.952. The first-order valence-corrected chi connectivity index (χ1v) is 6.42. The highest BCUT2D eigenvalue weighted by Gasteiger charge is 2.16. The normalized spacial score (nSPS) is 10.4. The zero-order valence-electron chi connectivity index (χ0n) is 11.3. The molecule has 0 saturated heterocycles. The Kier molecular flexibility index (Phi) is 3.73. The van der Waals surface area contributed by atoms with Crippen molar-refractivity contribution in [3.63, 3.8) is 0 Å². The largest absolute Gasteiger partial charge is 0.442 e. The molecule has 0 fully saturated rings. The zero-order chi connectivity index (χ0) is 15.4. The Bertz CT molecular complexity index is 826. The van der Waals surface area contributed by atoms with Crippen LogP contribution in [-0.4, -0.2) is 25.6 Å². The monoisotopic (exact) mass is 297 g/mol. The van der Waals surface area contributed by atoms with Crippen molar-refractivity contribution in [2.45, 2.75) is 6.54 Å². The van der Waals surface area contributed by atoms with Crippen LogP contribution in [0.15, 0.2) is 58.2 Å². The van der Waals surface area contributed by atoms with E-state index >= 15 is 0 Å². The van der Waals surface area contributed by atoms with Crippen molar-refractivity contribution < 1.29 is 9.32 Å². The van der Waals surface area contributed by atoms with Crippen LogP contribution in [0.25, 0.3) is 11.5 Å². The van der Waals surface area contributed by atoms with E-state index in [1.807, 2.05) is 6.07 Å². The number of hydrogen-bond acceptors (Lipinski definition) is 6. The summed E-state index contributed by atoms with van der Waals surface area (Å²) in [6.45, 7) is -0.233. The summed E-state index contributed by atoms with van der Waals surface area (Å²) in [5, 5.41) is 6.32. The van der Waals surface area contributed by atoms with Gasteiger partial charge in [-0.25, -0.2) is 14.3 Å². The van der Waals surface area contributed by atoms with Crippen LogP contribution in [0.3, 0.4) is 0 Å². The summed E-state index contributed by atoms with van der Waals surface area (Å²) in [6.07, 6.45) is 4.39. The fourth-order valence-electron chi connectivity index (χ4n) is 1.87. The van der Waals surface area contributed by atoms with Gasteiger partial charge in [-0.05, 0) is 12.1 Å². The highest BCUT2D eigenvalue weighted by molar-refractivity contribution is 5.90. The molecule has 0 unspecified atom stereocenters. The predicted molar refractivity (Wildman–Crippen MR) is 76.9 cm³/mol. The minimum atomic E-state index is -0.733. The fraction of sp³-hybridized carbons (Fsp3) is 0.0714. The van der Waals surface area contributed by atoms with E-state index in [-0.39, 0.29) is 18.3 Å². The van der Waals surface area contributed by atoms with E-state index < -0.39 is 5.76 Å². The van der Waals surface area contributed by atoms with Crippen LogP contribution in [0.1, 0.15) is 0 Å². The lowest BCUT2D eigenvalue weighted by Crippen LogP contribution is -2.25. The first kappa shape index (κ1) is 13.7. The number of aromatic nitrogens is 4. The van der Waals surface area contributed by atoms with Gasteiger partial charge < -0.3 is 5.32 Å². The second-order valence-corrected chi connectivity index (χ2v) is 4.36. The summed E-state index contributed by atoms with van der Waals surface area (Å²) in [4.78, 5) is 31.7. The lowest BCUT2D eigenvalue weighted by molar-refractivity contribution is -0.116. The lowest BCUT2D eigenvalue weighted by atomic mass is 10.3. The number of amides is 1. The van der Waals surface area contributed by atoms with Crippen molar-refractivity contribution in [2.75, 3.05) is 5.32 Å². The molecule has 0 atom stereocenters. The Morgan fingerprint density at radius 1 is 1.23 bits per heavy atom. The Balaban J connectivity index is 1.82. The van der Waals surface area contributed by atoms with Gasteiger partial charge in [0.05, 0.1) is 6.20 Å². The van der Waals surface area contributed by atoms with E-state index in [4.69, 9.17) is 0 Å². The van der Waals surface area contributed by atoms with E-state index in [0.717, 1.165) is 4.57 Å². The molecule has 2 aromatic heterocycles. The van der Waals surface area contributed by atoms with Crippen LogP contribution in [0.2, 0.25) is 0 Å². The van der Waals surface area contributed by atoms with Gasteiger partial charge in [-0.3, -0.25) is 14.3 Å². The third-order valence-corrected chi connectivity index (χ3v) is 2.84. The molecule has 0 aliphatic rings. The van der Waals surface area contributed by atoms with E-state index in [9.17, 15) is 9.59 Å². The van der Waals surface area contributed by atoms with Gasteiger partial charge in [0.2, 0.25) is 11.7 Å². The summed E-state index contributed by atoms with van der Waals surface area (Å²) in [5.41, 5.74) is 0.985.